The molecule has 0 radical (unpaired) electrons. The van der Waals surface area contributed by atoms with Crippen LogP contribution in [0.5, 0.6) is 5.75 Å². The van der Waals surface area contributed by atoms with Crippen molar-refractivity contribution in [2.45, 2.75) is 10.6 Å². The van der Waals surface area contributed by atoms with Gasteiger partial charge in [-0.1, -0.05) is 12.1 Å². The SMILES string of the molecule is COc1ccc(CS(=O)(=O)c2ccc(F)cc2N)cc1. The van der Waals surface area contributed by atoms with Gasteiger partial charge in [-0.05, 0) is 35.9 Å². The van der Waals surface area contributed by atoms with Gasteiger partial charge < -0.3 is 10.5 Å². The number of sulfone groups is 1. The molecular weight excluding hydrogens is 281 g/mol. The average molecular weight is 295 g/mol. The molecule has 2 aromatic carbocycles. The predicted octanol–water partition coefficient (Wildman–Crippen LogP) is 2.39. The molecular formula is C14H14FNO3S. The first-order valence-electron chi connectivity index (χ1n) is 5.83. The molecule has 0 aromatic heterocycles. The summed E-state index contributed by atoms with van der Waals surface area (Å²) in [5.74, 6) is -0.120. The molecule has 20 heavy (non-hydrogen) atoms. The number of nitrogen functional groups attached to an aromatic ring is 1. The van der Waals surface area contributed by atoms with E-state index in [9.17, 15) is 12.8 Å². The first-order valence-corrected chi connectivity index (χ1v) is 7.48. The summed E-state index contributed by atoms with van der Waals surface area (Å²) >= 11 is 0. The second kappa shape index (κ2) is 5.50. The maximum atomic E-state index is 13.0. The summed E-state index contributed by atoms with van der Waals surface area (Å²) in [6.07, 6.45) is 0. The van der Waals surface area contributed by atoms with Crippen LogP contribution >= 0.6 is 0 Å². The third-order valence-corrected chi connectivity index (χ3v) is 4.58. The Bertz CT molecular complexity index is 712. The van der Waals surface area contributed by atoms with Crippen LogP contribution in [-0.4, -0.2) is 15.5 Å². The van der Waals surface area contributed by atoms with Gasteiger partial charge in [-0.25, -0.2) is 12.8 Å². The van der Waals surface area contributed by atoms with Crippen molar-refractivity contribution in [3.8, 4) is 5.75 Å². The molecule has 0 aliphatic carbocycles. The van der Waals surface area contributed by atoms with Gasteiger partial charge in [0.1, 0.15) is 11.6 Å². The fraction of sp³-hybridized carbons (Fsp3) is 0.143. The second-order valence-electron chi connectivity index (χ2n) is 4.29. The number of halogens is 1. The van der Waals surface area contributed by atoms with Gasteiger partial charge in [0.15, 0.2) is 9.84 Å². The smallest absolute Gasteiger partial charge is 0.184 e. The van der Waals surface area contributed by atoms with Gasteiger partial charge in [-0.3, -0.25) is 0 Å². The molecule has 0 spiro atoms. The van der Waals surface area contributed by atoms with Crippen LogP contribution in [0.25, 0.3) is 0 Å². The van der Waals surface area contributed by atoms with Gasteiger partial charge in [0.2, 0.25) is 0 Å². The van der Waals surface area contributed by atoms with Crippen LogP contribution in [0.15, 0.2) is 47.4 Å². The van der Waals surface area contributed by atoms with Crippen molar-refractivity contribution in [1.29, 1.82) is 0 Å². The molecule has 4 nitrogen and oxygen atoms in total. The standard InChI is InChI=1S/C14H14FNO3S/c1-19-12-5-2-10(3-6-12)9-20(17,18)14-7-4-11(15)8-13(14)16/h2-8H,9,16H2,1H3. The zero-order valence-electron chi connectivity index (χ0n) is 10.8. The van der Waals surface area contributed by atoms with E-state index in [1.54, 1.807) is 24.3 Å². The average Bonchev–Trinajstić information content (AvgIpc) is 2.38. The van der Waals surface area contributed by atoms with E-state index < -0.39 is 15.7 Å². The van der Waals surface area contributed by atoms with Crippen LogP contribution in [0.4, 0.5) is 10.1 Å². The molecule has 0 saturated heterocycles. The van der Waals surface area contributed by atoms with Crippen molar-refractivity contribution in [2.75, 3.05) is 12.8 Å². The van der Waals surface area contributed by atoms with E-state index in [4.69, 9.17) is 10.5 Å². The lowest BCUT2D eigenvalue weighted by Gasteiger charge is -2.08. The first kappa shape index (κ1) is 14.3. The third-order valence-electron chi connectivity index (χ3n) is 2.82. The van der Waals surface area contributed by atoms with Crippen molar-refractivity contribution < 1.29 is 17.5 Å². The van der Waals surface area contributed by atoms with Crippen molar-refractivity contribution in [1.82, 2.24) is 0 Å². The number of anilines is 1. The monoisotopic (exact) mass is 295 g/mol. The van der Waals surface area contributed by atoms with Gasteiger partial charge in [0.25, 0.3) is 0 Å². The van der Waals surface area contributed by atoms with E-state index in [1.165, 1.54) is 13.2 Å². The third kappa shape index (κ3) is 3.08. The lowest BCUT2D eigenvalue weighted by atomic mass is 10.2. The number of hydrogen-bond acceptors (Lipinski definition) is 4. The Kier molecular flexibility index (Phi) is 3.94. The van der Waals surface area contributed by atoms with Crippen LogP contribution in [0.3, 0.4) is 0 Å². The number of hydrogen-bond donors (Lipinski definition) is 1. The van der Waals surface area contributed by atoms with E-state index in [1.807, 2.05) is 0 Å². The molecule has 0 aliphatic heterocycles. The van der Waals surface area contributed by atoms with Crippen LogP contribution in [0.1, 0.15) is 5.56 Å². The number of nitrogens with two attached hydrogens (primary N) is 1. The van der Waals surface area contributed by atoms with Crippen LogP contribution in [0.2, 0.25) is 0 Å². The molecule has 0 atom stereocenters. The maximum Gasteiger partial charge on any atom is 0.184 e. The normalized spacial score (nSPS) is 11.3. The van der Waals surface area contributed by atoms with Gasteiger partial charge in [-0.15, -0.1) is 0 Å². The lowest BCUT2D eigenvalue weighted by molar-refractivity contribution is 0.414. The topological polar surface area (TPSA) is 69.4 Å². The Hall–Kier alpha value is -2.08. The quantitative estimate of drug-likeness (QED) is 0.694. The Morgan fingerprint density at radius 3 is 2.35 bits per heavy atom. The fourth-order valence-electron chi connectivity index (χ4n) is 1.82. The minimum absolute atomic E-state index is 0.0604. The van der Waals surface area contributed by atoms with Crippen LogP contribution in [-0.2, 0) is 15.6 Å². The summed E-state index contributed by atoms with van der Waals surface area (Å²) in [5, 5.41) is 0. The van der Waals surface area contributed by atoms with Gasteiger partial charge in [-0.2, -0.15) is 0 Å². The highest BCUT2D eigenvalue weighted by Gasteiger charge is 2.18. The van der Waals surface area contributed by atoms with E-state index >= 15 is 0 Å². The van der Waals surface area contributed by atoms with Gasteiger partial charge >= 0.3 is 0 Å². The zero-order chi connectivity index (χ0) is 14.8. The Morgan fingerprint density at radius 1 is 1.15 bits per heavy atom. The van der Waals surface area contributed by atoms with Crippen molar-refractivity contribution in [3.05, 3.63) is 53.8 Å². The molecule has 0 heterocycles. The predicted molar refractivity (Wildman–Crippen MR) is 74.7 cm³/mol. The number of methoxy groups -OCH3 is 1. The molecule has 6 heteroatoms. The van der Waals surface area contributed by atoms with Crippen LogP contribution in [0, 0.1) is 5.82 Å². The lowest BCUT2D eigenvalue weighted by Crippen LogP contribution is -2.08. The summed E-state index contributed by atoms with van der Waals surface area (Å²) in [4.78, 5) is -0.0604. The summed E-state index contributed by atoms with van der Waals surface area (Å²) < 4.78 is 42.5. The van der Waals surface area contributed by atoms with Crippen LogP contribution < -0.4 is 10.5 Å². The molecule has 2 N–H and O–H groups in total. The molecule has 0 bridgehead atoms. The Morgan fingerprint density at radius 2 is 1.80 bits per heavy atom. The van der Waals surface area contributed by atoms with E-state index in [2.05, 4.69) is 0 Å². The summed E-state index contributed by atoms with van der Waals surface area (Å²) in [7, 11) is -2.08. The molecule has 0 fully saturated rings. The Labute approximate surface area is 116 Å². The number of rotatable bonds is 4. The first-order chi connectivity index (χ1) is 9.42. The van der Waals surface area contributed by atoms with E-state index in [0.717, 1.165) is 12.1 Å². The summed E-state index contributed by atoms with van der Waals surface area (Å²) in [6.45, 7) is 0. The highest BCUT2D eigenvalue weighted by Crippen LogP contribution is 2.24. The van der Waals surface area contributed by atoms with E-state index in [-0.39, 0.29) is 16.3 Å². The molecule has 2 aromatic rings. The molecule has 0 saturated carbocycles. The summed E-state index contributed by atoms with van der Waals surface area (Å²) in [5.41, 5.74) is 6.09. The highest BCUT2D eigenvalue weighted by molar-refractivity contribution is 7.90. The largest absolute Gasteiger partial charge is 0.497 e. The summed E-state index contributed by atoms with van der Waals surface area (Å²) in [6, 6.07) is 9.95. The minimum Gasteiger partial charge on any atom is -0.497 e. The minimum atomic E-state index is -3.61. The Balaban J connectivity index is 2.30. The molecule has 0 unspecified atom stereocenters. The van der Waals surface area contributed by atoms with Crippen molar-refractivity contribution in [3.63, 3.8) is 0 Å². The fourth-order valence-corrected chi connectivity index (χ4v) is 3.30. The van der Waals surface area contributed by atoms with Crippen molar-refractivity contribution in [2.24, 2.45) is 0 Å². The second-order valence-corrected chi connectivity index (χ2v) is 6.25. The number of benzene rings is 2. The van der Waals surface area contributed by atoms with Gasteiger partial charge in [0, 0.05) is 0 Å². The van der Waals surface area contributed by atoms with E-state index in [0.29, 0.717) is 11.3 Å². The maximum absolute atomic E-state index is 13.0. The van der Waals surface area contributed by atoms with Gasteiger partial charge in [0.05, 0.1) is 23.4 Å². The van der Waals surface area contributed by atoms with Crippen molar-refractivity contribution >= 4 is 15.5 Å². The molecule has 2 rings (SSSR count). The zero-order valence-corrected chi connectivity index (χ0v) is 11.7. The molecule has 0 amide bonds. The number of ether oxygens (including phenoxy) is 1. The molecule has 0 aliphatic rings. The highest BCUT2D eigenvalue weighted by atomic mass is 32.2. The molecule has 106 valence electrons.